The fourth-order valence-corrected chi connectivity index (χ4v) is 5.94. The molecule has 1 N–H and O–H groups in total. The van der Waals surface area contributed by atoms with Gasteiger partial charge in [0, 0.05) is 37.2 Å². The minimum absolute atomic E-state index is 0.0826. The number of nitrogens with zero attached hydrogens (tertiary/aromatic N) is 2. The predicted molar refractivity (Wildman–Crippen MR) is 139 cm³/mol. The predicted octanol–water partition coefficient (Wildman–Crippen LogP) is 4.65. The Hall–Kier alpha value is -3.51. The molecular weight excluding hydrogens is 450 g/mol. The lowest BCUT2D eigenvalue weighted by Crippen LogP contribution is -2.52. The molecule has 36 heavy (non-hydrogen) atoms. The summed E-state index contributed by atoms with van der Waals surface area (Å²) < 4.78 is 6.61. The number of aromatic nitrogens is 1. The fraction of sp³-hybridized carbons (Fsp3) is 0.367. The Morgan fingerprint density at radius 2 is 1.81 bits per heavy atom. The summed E-state index contributed by atoms with van der Waals surface area (Å²) in [6.07, 6.45) is 3.05. The Balaban J connectivity index is 1.44. The van der Waals surface area contributed by atoms with Crippen LogP contribution in [0.1, 0.15) is 64.1 Å². The van der Waals surface area contributed by atoms with Gasteiger partial charge in [-0.25, -0.2) is 0 Å². The van der Waals surface area contributed by atoms with E-state index in [9.17, 15) is 9.59 Å². The van der Waals surface area contributed by atoms with E-state index < -0.39 is 0 Å². The van der Waals surface area contributed by atoms with Gasteiger partial charge in [0.1, 0.15) is 0 Å². The summed E-state index contributed by atoms with van der Waals surface area (Å²) in [6, 6.07) is 19.9. The zero-order valence-electron chi connectivity index (χ0n) is 21.2. The largest absolute Gasteiger partial charge is 0.368 e. The number of fused-ring (bicyclic) bond motifs is 2. The van der Waals surface area contributed by atoms with E-state index in [0.717, 1.165) is 40.8 Å². The molecule has 186 valence electrons. The van der Waals surface area contributed by atoms with Crippen molar-refractivity contribution in [3.8, 4) is 0 Å². The molecule has 2 heterocycles. The number of carbonyl (C=O) groups is 2. The highest BCUT2D eigenvalue weighted by atomic mass is 16.5. The molecule has 0 unspecified atom stereocenters. The highest BCUT2D eigenvalue weighted by molar-refractivity contribution is 5.96. The standard InChI is InChI=1S/C30H33N3O3/c1-20-11-12-21(2)25(18-20)29(35)33-16-13-30(14-17-33)26-10-5-4-9-24(26)27(32-22(3)34)28(30)36-19-23-8-6-7-15-31-23/h4-12,15,18,27-28H,13-14,16-17,19H2,1-3H3,(H,32,34)/t27-,28+/m1/s1. The molecule has 2 amide bonds. The number of pyridine rings is 1. The van der Waals surface area contributed by atoms with Gasteiger partial charge in [0.2, 0.25) is 5.91 Å². The lowest BCUT2D eigenvalue weighted by atomic mass is 9.71. The molecule has 1 aliphatic carbocycles. The summed E-state index contributed by atoms with van der Waals surface area (Å²) in [7, 11) is 0. The van der Waals surface area contributed by atoms with E-state index in [4.69, 9.17) is 4.74 Å². The van der Waals surface area contributed by atoms with Gasteiger partial charge < -0.3 is 15.0 Å². The second-order valence-corrected chi connectivity index (χ2v) is 10.1. The van der Waals surface area contributed by atoms with Crippen molar-refractivity contribution in [2.45, 2.75) is 57.8 Å². The summed E-state index contributed by atoms with van der Waals surface area (Å²) in [4.78, 5) is 32.1. The van der Waals surface area contributed by atoms with Crippen LogP contribution in [-0.2, 0) is 21.6 Å². The minimum atomic E-state index is -0.295. The van der Waals surface area contributed by atoms with Crippen LogP contribution >= 0.6 is 0 Å². The monoisotopic (exact) mass is 483 g/mol. The van der Waals surface area contributed by atoms with Gasteiger partial charge in [-0.05, 0) is 61.6 Å². The molecule has 2 atom stereocenters. The molecule has 6 heteroatoms. The SMILES string of the molecule is CC(=O)N[C@@H]1c2ccccc2C2(CCN(C(=O)c3cc(C)ccc3C)CC2)[C@H]1OCc1ccccn1. The molecule has 1 spiro atoms. The summed E-state index contributed by atoms with van der Waals surface area (Å²) >= 11 is 0. The quantitative estimate of drug-likeness (QED) is 0.574. The third-order valence-electron chi connectivity index (χ3n) is 7.74. The maximum atomic E-state index is 13.5. The first-order chi connectivity index (χ1) is 17.4. The lowest BCUT2D eigenvalue weighted by molar-refractivity contribution is -0.122. The molecular formula is C30H33N3O3. The molecule has 0 radical (unpaired) electrons. The van der Waals surface area contributed by atoms with E-state index in [1.165, 1.54) is 5.56 Å². The number of benzene rings is 2. The van der Waals surface area contributed by atoms with Crippen molar-refractivity contribution in [3.63, 3.8) is 0 Å². The number of amides is 2. The lowest BCUT2D eigenvalue weighted by Gasteiger charge is -2.44. The number of likely N-dealkylation sites (tertiary alicyclic amines) is 1. The first-order valence-electron chi connectivity index (χ1n) is 12.6. The van der Waals surface area contributed by atoms with Crippen LogP contribution in [0.2, 0.25) is 0 Å². The topological polar surface area (TPSA) is 71.5 Å². The van der Waals surface area contributed by atoms with Gasteiger partial charge in [-0.3, -0.25) is 14.6 Å². The average Bonchev–Trinajstić information content (AvgIpc) is 3.13. The van der Waals surface area contributed by atoms with Gasteiger partial charge in [0.15, 0.2) is 0 Å². The van der Waals surface area contributed by atoms with Crippen LogP contribution in [0.5, 0.6) is 0 Å². The van der Waals surface area contributed by atoms with Crippen LogP contribution < -0.4 is 5.32 Å². The van der Waals surface area contributed by atoms with Crippen LogP contribution in [0.3, 0.4) is 0 Å². The molecule has 0 saturated carbocycles. The van der Waals surface area contributed by atoms with Crippen LogP contribution in [0.15, 0.2) is 66.9 Å². The van der Waals surface area contributed by atoms with Crippen LogP contribution in [-0.4, -0.2) is 40.9 Å². The van der Waals surface area contributed by atoms with E-state index in [1.807, 2.05) is 61.2 Å². The Kier molecular flexibility index (Phi) is 6.63. The number of piperidine rings is 1. The van der Waals surface area contributed by atoms with Crippen molar-refractivity contribution in [1.29, 1.82) is 0 Å². The molecule has 0 bridgehead atoms. The first kappa shape index (κ1) is 24.2. The Morgan fingerprint density at radius 1 is 1.06 bits per heavy atom. The van der Waals surface area contributed by atoms with Crippen molar-refractivity contribution in [3.05, 3.63) is 100 Å². The van der Waals surface area contributed by atoms with Crippen LogP contribution in [0.4, 0.5) is 0 Å². The molecule has 1 fully saturated rings. The minimum Gasteiger partial charge on any atom is -0.368 e. The maximum absolute atomic E-state index is 13.5. The first-order valence-corrected chi connectivity index (χ1v) is 12.6. The number of nitrogens with one attached hydrogen (secondary N) is 1. The van der Waals surface area contributed by atoms with Crippen molar-refractivity contribution in [1.82, 2.24) is 15.2 Å². The highest BCUT2D eigenvalue weighted by Crippen LogP contribution is 2.52. The third kappa shape index (κ3) is 4.42. The van der Waals surface area contributed by atoms with Crippen molar-refractivity contribution < 1.29 is 14.3 Å². The zero-order chi connectivity index (χ0) is 25.3. The Bertz CT molecular complexity index is 1270. The van der Waals surface area contributed by atoms with E-state index in [-0.39, 0.29) is 29.4 Å². The maximum Gasteiger partial charge on any atom is 0.254 e. The molecule has 1 aromatic heterocycles. The normalized spacial score (nSPS) is 20.2. The third-order valence-corrected chi connectivity index (χ3v) is 7.74. The number of aryl methyl sites for hydroxylation is 2. The van der Waals surface area contributed by atoms with Crippen LogP contribution in [0.25, 0.3) is 0 Å². The molecule has 3 aromatic rings. The number of ether oxygens (including phenoxy) is 1. The molecule has 5 rings (SSSR count). The average molecular weight is 484 g/mol. The molecule has 1 aliphatic heterocycles. The highest BCUT2D eigenvalue weighted by Gasteiger charge is 2.54. The van der Waals surface area contributed by atoms with E-state index in [2.05, 4.69) is 28.5 Å². The summed E-state index contributed by atoms with van der Waals surface area (Å²) in [5.74, 6) is 0.00234. The van der Waals surface area contributed by atoms with Gasteiger partial charge in [-0.15, -0.1) is 0 Å². The van der Waals surface area contributed by atoms with E-state index in [1.54, 1.807) is 13.1 Å². The number of hydrogen-bond donors (Lipinski definition) is 1. The fourth-order valence-electron chi connectivity index (χ4n) is 5.94. The van der Waals surface area contributed by atoms with Gasteiger partial charge in [0.05, 0.1) is 24.4 Å². The van der Waals surface area contributed by atoms with E-state index in [0.29, 0.717) is 19.7 Å². The van der Waals surface area contributed by atoms with E-state index >= 15 is 0 Å². The molecule has 2 aliphatic rings. The second kappa shape index (κ2) is 9.86. The van der Waals surface area contributed by atoms with Gasteiger partial charge in [0.25, 0.3) is 5.91 Å². The smallest absolute Gasteiger partial charge is 0.254 e. The van der Waals surface area contributed by atoms with Gasteiger partial charge >= 0.3 is 0 Å². The van der Waals surface area contributed by atoms with Gasteiger partial charge in [-0.2, -0.15) is 0 Å². The van der Waals surface area contributed by atoms with Crippen molar-refractivity contribution in [2.24, 2.45) is 0 Å². The molecule has 6 nitrogen and oxygen atoms in total. The number of rotatable bonds is 5. The molecule has 1 saturated heterocycles. The van der Waals surface area contributed by atoms with Crippen molar-refractivity contribution in [2.75, 3.05) is 13.1 Å². The Morgan fingerprint density at radius 3 is 2.53 bits per heavy atom. The summed E-state index contributed by atoms with van der Waals surface area (Å²) in [5, 5.41) is 3.16. The summed E-state index contributed by atoms with van der Waals surface area (Å²) in [6.45, 7) is 7.19. The molecule has 2 aromatic carbocycles. The Labute approximate surface area is 212 Å². The van der Waals surface area contributed by atoms with Crippen molar-refractivity contribution >= 4 is 11.8 Å². The second-order valence-electron chi connectivity index (χ2n) is 10.1. The van der Waals surface area contributed by atoms with Gasteiger partial charge in [-0.1, -0.05) is 48.0 Å². The number of carbonyl (C=O) groups excluding carboxylic acids is 2. The summed E-state index contributed by atoms with van der Waals surface area (Å²) in [5.41, 5.74) is 5.74. The van der Waals surface area contributed by atoms with Crippen LogP contribution in [0, 0.1) is 13.8 Å². The number of hydrogen-bond acceptors (Lipinski definition) is 4. The zero-order valence-corrected chi connectivity index (χ0v) is 21.2.